The van der Waals surface area contributed by atoms with Crippen molar-refractivity contribution in [2.24, 2.45) is 0 Å². The fourth-order valence-electron chi connectivity index (χ4n) is 7.68. The number of aromatic nitrogens is 4. The molecule has 21 heteroatoms. The number of rotatable bonds is 8. The van der Waals surface area contributed by atoms with E-state index in [4.69, 9.17) is 9.97 Å². The fourth-order valence-corrected chi connectivity index (χ4v) is 9.73. The summed E-state index contributed by atoms with van der Waals surface area (Å²) in [4.78, 5) is 14.9. The van der Waals surface area contributed by atoms with E-state index < -0.39 is 51.1 Å². The highest BCUT2D eigenvalue weighted by Crippen LogP contribution is 2.40. The Morgan fingerprint density at radius 3 is 0.908 bits per heavy atom. The Kier molecular flexibility index (Phi) is 10.3. The number of fused-ring (bicyclic) bond motifs is 8. The molecule has 17 nitrogen and oxygen atoms in total. The van der Waals surface area contributed by atoms with Crippen molar-refractivity contribution in [1.82, 2.24) is 19.9 Å². The largest absolute Gasteiger partial charge is 0.506 e. The van der Waals surface area contributed by atoms with E-state index in [2.05, 4.69) is 9.97 Å². The van der Waals surface area contributed by atoms with E-state index in [9.17, 15) is 57.0 Å². The molecule has 0 spiro atoms. The Balaban J connectivity index is 1.46. The zero-order chi connectivity index (χ0) is 46.2. The van der Waals surface area contributed by atoms with E-state index in [1.165, 1.54) is 78.9 Å². The normalized spacial score (nSPS) is 13.0. The molecule has 0 fully saturated rings. The summed E-state index contributed by atoms with van der Waals surface area (Å²) < 4.78 is 136. The van der Waals surface area contributed by atoms with E-state index in [0.717, 1.165) is 12.1 Å². The Bertz CT molecular complexity index is 3790. The number of hydrogen-bond acceptors (Lipinski definition) is 11. The summed E-state index contributed by atoms with van der Waals surface area (Å²) in [7, 11) is -18.7. The minimum atomic E-state index is -4.94. The van der Waals surface area contributed by atoms with Gasteiger partial charge < -0.3 is 15.1 Å². The number of H-pyrrole nitrogens is 2. The molecule has 0 saturated heterocycles. The first-order valence-corrected chi connectivity index (χ1v) is 24.6. The molecule has 0 radical (unpaired) electrons. The van der Waals surface area contributed by atoms with Gasteiger partial charge in [-0.05, 0) is 119 Å². The van der Waals surface area contributed by atoms with Gasteiger partial charge in [0.05, 0.1) is 37.5 Å². The lowest BCUT2D eigenvalue weighted by molar-refractivity contribution is 0.443. The second-order valence-electron chi connectivity index (χ2n) is 14.7. The summed E-state index contributed by atoms with van der Waals surface area (Å²) in [6, 6.07) is 26.5. The molecule has 328 valence electrons. The number of aromatic amines is 2. The molecule has 0 unspecified atom stereocenters. The summed E-state index contributed by atoms with van der Waals surface area (Å²) in [5.74, 6) is -0.715. The summed E-state index contributed by atoms with van der Waals surface area (Å²) in [6.07, 6.45) is 6.69. The molecule has 5 heterocycles. The predicted molar refractivity (Wildman–Crippen MR) is 242 cm³/mol. The molecule has 65 heavy (non-hydrogen) atoms. The van der Waals surface area contributed by atoms with E-state index in [1.807, 2.05) is 0 Å². The standard InChI is InChI=1S/C44H30N4O13S4/c49-39-22-7-27(23-40(39)65(59,60)61)44-37-20-18-35(47-37)42(25-3-10-29(11-4-25)63(53,54)55)33-16-14-31(45-33)41(24-1-8-28(9-2-24)62(50,51)52)32-15-17-34(46-32)43(36-19-21-38(44)48-36)26-5-12-30(13-6-26)64(56,57)58/h1-23,45,48-49H,(H,50,51,52)(H,53,54,55)(H,56,57,58)(H,59,60,61). The van der Waals surface area contributed by atoms with Crippen LogP contribution in [-0.4, -0.2) is 76.9 Å². The number of aromatic hydroxyl groups is 1. The minimum absolute atomic E-state index is 0.183. The first kappa shape index (κ1) is 43.2. The fraction of sp³-hybridized carbons (Fsp3) is 0. The van der Waals surface area contributed by atoms with E-state index in [-0.39, 0.29) is 31.5 Å². The molecule has 0 atom stereocenters. The molecule has 3 aromatic heterocycles. The summed E-state index contributed by atoms with van der Waals surface area (Å²) in [5.41, 5.74) is 6.02. The van der Waals surface area contributed by atoms with Gasteiger partial charge in [-0.3, -0.25) is 18.2 Å². The molecule has 7 aromatic rings. The van der Waals surface area contributed by atoms with Gasteiger partial charge >= 0.3 is 0 Å². The summed E-state index contributed by atoms with van der Waals surface area (Å²) in [6.45, 7) is 0. The zero-order valence-corrected chi connectivity index (χ0v) is 36.1. The van der Waals surface area contributed by atoms with Crippen molar-refractivity contribution in [2.45, 2.75) is 19.6 Å². The highest BCUT2D eigenvalue weighted by atomic mass is 32.2. The molecule has 7 N–H and O–H groups in total. The Morgan fingerprint density at radius 1 is 0.354 bits per heavy atom. The Labute approximate surface area is 369 Å². The van der Waals surface area contributed by atoms with Crippen LogP contribution in [0.5, 0.6) is 5.75 Å². The molecule has 0 aliphatic carbocycles. The van der Waals surface area contributed by atoms with Crippen molar-refractivity contribution in [1.29, 1.82) is 0 Å². The lowest BCUT2D eigenvalue weighted by Crippen LogP contribution is -1.99. The number of phenols is 1. The number of phenolic OH excluding ortho intramolecular Hbond substituents is 1. The molecule has 0 saturated carbocycles. The van der Waals surface area contributed by atoms with Crippen LogP contribution in [0, 0.1) is 0 Å². The van der Waals surface area contributed by atoms with Crippen molar-refractivity contribution in [3.05, 3.63) is 138 Å². The Hall–Kier alpha value is -7.08. The van der Waals surface area contributed by atoms with Gasteiger partial charge in [0, 0.05) is 44.3 Å². The third-order valence-electron chi connectivity index (χ3n) is 10.6. The van der Waals surface area contributed by atoms with Crippen LogP contribution in [0.25, 0.3) is 90.9 Å². The number of nitrogens with zero attached hydrogens (tertiary/aromatic N) is 2. The second kappa shape index (κ2) is 15.6. The number of benzene rings is 4. The SMILES string of the molecule is O=S(=O)(O)c1ccc(-c2c3nc(c(-c4ccc(S(=O)(=O)O)cc4)c4ccc([nH]4)c(-c4ccc(O)c(S(=O)(=O)O)c4)c4nc(c(-c5ccc(S(=O)(=O)O)cc5)c5ccc2[nH]5)C=C4)C=C3)cc1. The zero-order valence-electron chi connectivity index (χ0n) is 32.8. The van der Waals surface area contributed by atoms with Gasteiger partial charge in [-0.1, -0.05) is 42.5 Å². The van der Waals surface area contributed by atoms with Gasteiger partial charge in [-0.15, -0.1) is 0 Å². The third kappa shape index (κ3) is 8.29. The average molecular weight is 951 g/mol. The van der Waals surface area contributed by atoms with E-state index in [0.29, 0.717) is 72.5 Å². The van der Waals surface area contributed by atoms with E-state index in [1.54, 1.807) is 48.6 Å². The second-order valence-corrected chi connectivity index (χ2v) is 20.3. The number of nitrogens with one attached hydrogen (secondary N) is 2. The maximum atomic E-state index is 12.4. The highest BCUT2D eigenvalue weighted by molar-refractivity contribution is 7.86. The van der Waals surface area contributed by atoms with Crippen LogP contribution in [0.3, 0.4) is 0 Å². The van der Waals surface area contributed by atoms with Crippen LogP contribution in [0.2, 0.25) is 0 Å². The van der Waals surface area contributed by atoms with Crippen molar-refractivity contribution in [3.63, 3.8) is 0 Å². The van der Waals surface area contributed by atoms with Gasteiger partial charge in [-0.25, -0.2) is 9.97 Å². The van der Waals surface area contributed by atoms with Gasteiger partial charge in [-0.2, -0.15) is 33.7 Å². The van der Waals surface area contributed by atoms with Gasteiger partial charge in [0.2, 0.25) is 0 Å². The van der Waals surface area contributed by atoms with Gasteiger partial charge in [0.25, 0.3) is 40.5 Å². The van der Waals surface area contributed by atoms with Gasteiger partial charge in [0.15, 0.2) is 0 Å². The maximum Gasteiger partial charge on any atom is 0.298 e. The molecule has 2 aliphatic rings. The first-order chi connectivity index (χ1) is 30.6. The van der Waals surface area contributed by atoms with Crippen LogP contribution in [-0.2, 0) is 40.5 Å². The lowest BCUT2D eigenvalue weighted by Gasteiger charge is -2.09. The monoisotopic (exact) mass is 950 g/mol. The minimum Gasteiger partial charge on any atom is -0.506 e. The smallest absolute Gasteiger partial charge is 0.298 e. The van der Waals surface area contributed by atoms with Crippen LogP contribution in [0.4, 0.5) is 0 Å². The van der Waals surface area contributed by atoms with Crippen molar-refractivity contribution < 1.29 is 57.0 Å². The van der Waals surface area contributed by atoms with E-state index >= 15 is 0 Å². The average Bonchev–Trinajstić information content (AvgIpc) is 4.09. The molecule has 9 rings (SSSR count). The molecular weight excluding hydrogens is 921 g/mol. The summed E-state index contributed by atoms with van der Waals surface area (Å²) in [5, 5.41) is 10.5. The van der Waals surface area contributed by atoms with Crippen LogP contribution < -0.4 is 0 Å². The summed E-state index contributed by atoms with van der Waals surface area (Å²) >= 11 is 0. The van der Waals surface area contributed by atoms with Crippen molar-refractivity contribution in [2.75, 3.05) is 0 Å². The number of hydrogen-bond donors (Lipinski definition) is 7. The van der Waals surface area contributed by atoms with Crippen molar-refractivity contribution in [3.8, 4) is 50.3 Å². The maximum absolute atomic E-state index is 12.4. The molecule has 4 aromatic carbocycles. The van der Waals surface area contributed by atoms with Crippen LogP contribution >= 0.6 is 0 Å². The molecular formula is C44H30N4O13S4. The lowest BCUT2D eigenvalue weighted by atomic mass is 10.0. The predicted octanol–water partition coefficient (Wildman–Crippen LogP) is 8.02. The highest BCUT2D eigenvalue weighted by Gasteiger charge is 2.23. The quantitative estimate of drug-likeness (QED) is 0.0710. The molecule has 2 aliphatic heterocycles. The van der Waals surface area contributed by atoms with Crippen LogP contribution in [0.15, 0.2) is 135 Å². The Morgan fingerprint density at radius 2 is 0.631 bits per heavy atom. The van der Waals surface area contributed by atoms with Crippen molar-refractivity contribution >= 4 is 86.8 Å². The first-order valence-electron chi connectivity index (χ1n) is 18.8. The molecule has 8 bridgehead atoms. The molecule has 0 amide bonds. The topological polar surface area (TPSA) is 295 Å². The third-order valence-corrected chi connectivity index (χ3v) is 14.1. The van der Waals surface area contributed by atoms with Gasteiger partial charge in [0.1, 0.15) is 10.6 Å². The van der Waals surface area contributed by atoms with Crippen LogP contribution in [0.1, 0.15) is 22.8 Å².